The fourth-order valence-corrected chi connectivity index (χ4v) is 0.563. The maximum atomic E-state index is 4.07. The number of rotatable bonds is 4. The maximum Gasteiger partial charge on any atom is 0.0419 e. The van der Waals surface area contributed by atoms with Gasteiger partial charge in [-0.3, -0.25) is 4.99 Å². The fourth-order valence-electron chi connectivity index (χ4n) is 0.563. The predicted octanol–water partition coefficient (Wildman–Crippen LogP) is 2.43. The van der Waals surface area contributed by atoms with Crippen LogP contribution >= 0.6 is 0 Å². The number of aliphatic imine (C=N–C) groups is 1. The van der Waals surface area contributed by atoms with Crippen LogP contribution in [0.5, 0.6) is 0 Å². The fraction of sp³-hybridized carbons (Fsp3) is 0.625. The molecule has 0 radical (unpaired) electrons. The lowest BCUT2D eigenvalue weighted by Gasteiger charge is -1.83. The summed E-state index contributed by atoms with van der Waals surface area (Å²) in [6.45, 7) is 5.02. The van der Waals surface area contributed by atoms with Crippen molar-refractivity contribution < 1.29 is 0 Å². The molecule has 0 aromatic rings. The lowest BCUT2D eigenvalue weighted by atomic mass is 10.3. The van der Waals surface area contributed by atoms with Gasteiger partial charge < -0.3 is 0 Å². The van der Waals surface area contributed by atoms with Gasteiger partial charge in [-0.2, -0.15) is 0 Å². The summed E-state index contributed by atoms with van der Waals surface area (Å²) in [5.74, 6) is 0. The molecule has 0 aliphatic heterocycles. The average Bonchev–Trinajstić information content (AvgIpc) is 1.89. The summed E-state index contributed by atoms with van der Waals surface area (Å²) in [7, 11) is 0. The van der Waals surface area contributed by atoms with Gasteiger partial charge in [-0.15, -0.1) is 0 Å². The first-order valence-electron chi connectivity index (χ1n) is 3.51. The number of hydrogen-bond donors (Lipinski definition) is 0. The van der Waals surface area contributed by atoms with Crippen molar-refractivity contribution in [2.75, 3.05) is 6.54 Å². The number of hydrogen-bond acceptors (Lipinski definition) is 1. The highest BCUT2D eigenvalue weighted by Crippen LogP contribution is 1.85. The molecule has 0 heterocycles. The second kappa shape index (κ2) is 7.41. The molecule has 0 aromatic carbocycles. The Labute approximate surface area is 57.5 Å². The highest BCUT2D eigenvalue weighted by Gasteiger charge is 1.72. The van der Waals surface area contributed by atoms with Crippen LogP contribution in [-0.2, 0) is 0 Å². The second-order valence-electron chi connectivity index (χ2n) is 1.83. The normalized spacial score (nSPS) is 11.8. The van der Waals surface area contributed by atoms with Gasteiger partial charge in [0.2, 0.25) is 0 Å². The van der Waals surface area contributed by atoms with Gasteiger partial charge in [-0.05, 0) is 26.0 Å². The van der Waals surface area contributed by atoms with E-state index in [0.29, 0.717) is 0 Å². The lowest BCUT2D eigenvalue weighted by Crippen LogP contribution is -1.74. The highest BCUT2D eigenvalue weighted by molar-refractivity contribution is 5.53. The first-order chi connectivity index (χ1) is 4.41. The summed E-state index contributed by atoms with van der Waals surface area (Å²) in [6, 6.07) is 0. The van der Waals surface area contributed by atoms with Gasteiger partial charge >= 0.3 is 0 Å². The first-order valence-corrected chi connectivity index (χ1v) is 3.51. The summed E-state index contributed by atoms with van der Waals surface area (Å²) in [5.41, 5.74) is 0. The lowest BCUT2D eigenvalue weighted by molar-refractivity contribution is 1.00. The molecule has 0 saturated heterocycles. The zero-order valence-electron chi connectivity index (χ0n) is 6.30. The zero-order chi connectivity index (χ0) is 6.95. The summed E-state index contributed by atoms with van der Waals surface area (Å²) < 4.78 is 0. The Kier molecular flexibility index (Phi) is 6.92. The van der Waals surface area contributed by atoms with Gasteiger partial charge in [0.25, 0.3) is 0 Å². The molecule has 0 atom stereocenters. The van der Waals surface area contributed by atoms with E-state index < -0.39 is 0 Å². The molecule has 0 rings (SSSR count). The molecule has 0 amide bonds. The third-order valence-corrected chi connectivity index (χ3v) is 1.01. The average molecular weight is 125 g/mol. The Bertz CT molecular complexity index is 92.7. The van der Waals surface area contributed by atoms with E-state index in [-0.39, 0.29) is 0 Å². The minimum absolute atomic E-state index is 0.938. The van der Waals surface area contributed by atoms with Gasteiger partial charge in [-0.1, -0.05) is 19.1 Å². The van der Waals surface area contributed by atoms with E-state index in [1.54, 1.807) is 0 Å². The van der Waals surface area contributed by atoms with Crippen molar-refractivity contribution in [2.45, 2.75) is 26.7 Å². The molecule has 0 aliphatic carbocycles. The standard InChI is InChI=1S/C8H15N/c1-3-5-6-7-8-9-4-2/h4-6H,3,7-8H2,1-2H3/b6-5+,9-4?. The van der Waals surface area contributed by atoms with Gasteiger partial charge in [0.15, 0.2) is 0 Å². The van der Waals surface area contributed by atoms with Crippen molar-refractivity contribution in [3.8, 4) is 0 Å². The van der Waals surface area contributed by atoms with Crippen molar-refractivity contribution in [3.05, 3.63) is 12.2 Å². The minimum Gasteiger partial charge on any atom is -0.298 e. The van der Waals surface area contributed by atoms with Crippen molar-refractivity contribution in [1.29, 1.82) is 0 Å². The molecule has 0 N–H and O–H groups in total. The van der Waals surface area contributed by atoms with Crippen LogP contribution in [0.3, 0.4) is 0 Å². The Morgan fingerprint density at radius 3 is 2.67 bits per heavy atom. The van der Waals surface area contributed by atoms with E-state index in [9.17, 15) is 0 Å². The van der Waals surface area contributed by atoms with Gasteiger partial charge in [0, 0.05) is 6.54 Å². The van der Waals surface area contributed by atoms with Crippen LogP contribution in [0.1, 0.15) is 26.7 Å². The van der Waals surface area contributed by atoms with Crippen LogP contribution in [0, 0.1) is 0 Å². The van der Waals surface area contributed by atoms with Gasteiger partial charge in [0.1, 0.15) is 0 Å². The van der Waals surface area contributed by atoms with Crippen LogP contribution < -0.4 is 0 Å². The molecular formula is C8H15N. The molecule has 0 aromatic heterocycles. The molecule has 0 unspecified atom stereocenters. The van der Waals surface area contributed by atoms with Crippen LogP contribution in [0.4, 0.5) is 0 Å². The third kappa shape index (κ3) is 7.41. The summed E-state index contributed by atoms with van der Waals surface area (Å²) >= 11 is 0. The molecule has 0 fully saturated rings. The summed E-state index contributed by atoms with van der Waals surface area (Å²) in [4.78, 5) is 4.07. The van der Waals surface area contributed by atoms with E-state index in [2.05, 4.69) is 24.1 Å². The van der Waals surface area contributed by atoms with Crippen molar-refractivity contribution in [2.24, 2.45) is 4.99 Å². The number of allylic oxidation sites excluding steroid dienone is 1. The smallest absolute Gasteiger partial charge is 0.0419 e. The van der Waals surface area contributed by atoms with Crippen molar-refractivity contribution in [3.63, 3.8) is 0 Å². The van der Waals surface area contributed by atoms with Gasteiger partial charge in [0.05, 0.1) is 0 Å². The van der Waals surface area contributed by atoms with Crippen molar-refractivity contribution in [1.82, 2.24) is 0 Å². The molecule has 0 bridgehead atoms. The SMILES string of the molecule is CC=NCC/C=C/CC. The molecule has 9 heavy (non-hydrogen) atoms. The molecule has 1 nitrogen and oxygen atoms in total. The number of nitrogens with zero attached hydrogens (tertiary/aromatic N) is 1. The minimum atomic E-state index is 0.938. The van der Waals surface area contributed by atoms with Crippen LogP contribution in [-0.4, -0.2) is 12.8 Å². The molecule has 0 saturated carbocycles. The van der Waals surface area contributed by atoms with E-state index in [0.717, 1.165) is 19.4 Å². The summed E-state index contributed by atoms with van der Waals surface area (Å²) in [6.07, 6.45) is 8.41. The van der Waals surface area contributed by atoms with E-state index >= 15 is 0 Å². The summed E-state index contributed by atoms with van der Waals surface area (Å²) in [5, 5.41) is 0. The first kappa shape index (κ1) is 8.41. The highest BCUT2D eigenvalue weighted by atomic mass is 14.7. The molecular weight excluding hydrogens is 110 g/mol. The van der Waals surface area contributed by atoms with E-state index in [4.69, 9.17) is 0 Å². The molecule has 52 valence electrons. The van der Waals surface area contributed by atoms with E-state index in [1.165, 1.54) is 0 Å². The Balaban J connectivity index is 2.99. The van der Waals surface area contributed by atoms with Gasteiger partial charge in [-0.25, -0.2) is 0 Å². The Morgan fingerprint density at radius 2 is 2.11 bits per heavy atom. The monoisotopic (exact) mass is 125 g/mol. The maximum absolute atomic E-state index is 4.07. The van der Waals surface area contributed by atoms with E-state index in [1.807, 2.05) is 13.1 Å². The van der Waals surface area contributed by atoms with Crippen LogP contribution in [0.15, 0.2) is 17.1 Å². The van der Waals surface area contributed by atoms with Crippen molar-refractivity contribution >= 4 is 6.21 Å². The van der Waals surface area contributed by atoms with Crippen LogP contribution in [0.25, 0.3) is 0 Å². The molecule has 1 heteroatoms. The predicted molar refractivity (Wildman–Crippen MR) is 43.1 cm³/mol. The Hall–Kier alpha value is -0.590. The molecule has 0 spiro atoms. The largest absolute Gasteiger partial charge is 0.298 e. The Morgan fingerprint density at radius 1 is 1.33 bits per heavy atom. The van der Waals surface area contributed by atoms with Crippen LogP contribution in [0.2, 0.25) is 0 Å². The quantitative estimate of drug-likeness (QED) is 0.311. The topological polar surface area (TPSA) is 12.4 Å². The second-order valence-corrected chi connectivity index (χ2v) is 1.83. The third-order valence-electron chi connectivity index (χ3n) is 1.01. The zero-order valence-corrected chi connectivity index (χ0v) is 6.30. The molecule has 0 aliphatic rings.